The fourth-order valence-corrected chi connectivity index (χ4v) is 1.53. The molecule has 6 heteroatoms. The van der Waals surface area contributed by atoms with E-state index in [0.29, 0.717) is 0 Å². The van der Waals surface area contributed by atoms with Crippen molar-refractivity contribution in [1.29, 1.82) is 0 Å². The van der Waals surface area contributed by atoms with E-state index in [0.717, 1.165) is 5.56 Å². The van der Waals surface area contributed by atoms with Crippen molar-refractivity contribution >= 4 is 11.8 Å². The Labute approximate surface area is 104 Å². The molecule has 0 bridgehead atoms. The van der Waals surface area contributed by atoms with E-state index < -0.39 is 5.97 Å². The van der Waals surface area contributed by atoms with Gasteiger partial charge in [-0.25, -0.2) is 4.79 Å². The van der Waals surface area contributed by atoms with E-state index in [1.54, 1.807) is 12.4 Å². The van der Waals surface area contributed by atoms with Gasteiger partial charge in [0.1, 0.15) is 5.56 Å². The zero-order chi connectivity index (χ0) is 13.0. The van der Waals surface area contributed by atoms with Crippen LogP contribution in [-0.2, 0) is 0 Å². The number of hydrogen-bond donors (Lipinski definition) is 2. The third kappa shape index (κ3) is 2.60. The van der Waals surface area contributed by atoms with Crippen LogP contribution in [0.3, 0.4) is 0 Å². The minimum absolute atomic E-state index is 0.0979. The van der Waals surface area contributed by atoms with Gasteiger partial charge in [-0.2, -0.15) is 5.10 Å². The summed E-state index contributed by atoms with van der Waals surface area (Å²) >= 11 is 0. The van der Waals surface area contributed by atoms with Gasteiger partial charge >= 0.3 is 5.97 Å². The van der Waals surface area contributed by atoms with Crippen molar-refractivity contribution in [3.63, 3.8) is 0 Å². The maximum absolute atomic E-state index is 11.0. The number of rotatable bonds is 4. The number of nitrogens with one attached hydrogen (secondary N) is 1. The van der Waals surface area contributed by atoms with Gasteiger partial charge in [-0.1, -0.05) is 6.07 Å². The van der Waals surface area contributed by atoms with Crippen molar-refractivity contribution in [2.24, 2.45) is 0 Å². The van der Waals surface area contributed by atoms with Crippen LogP contribution in [0.15, 0.2) is 36.8 Å². The molecular weight excluding hydrogens is 232 g/mol. The van der Waals surface area contributed by atoms with Crippen LogP contribution in [-0.4, -0.2) is 26.3 Å². The first-order valence-corrected chi connectivity index (χ1v) is 5.40. The molecule has 92 valence electrons. The monoisotopic (exact) mass is 244 g/mol. The first kappa shape index (κ1) is 12.0. The molecule has 2 heterocycles. The molecule has 18 heavy (non-hydrogen) atoms. The van der Waals surface area contributed by atoms with Crippen molar-refractivity contribution in [3.05, 3.63) is 47.9 Å². The van der Waals surface area contributed by atoms with Crippen molar-refractivity contribution in [2.75, 3.05) is 5.32 Å². The third-order valence-corrected chi connectivity index (χ3v) is 2.49. The zero-order valence-electron chi connectivity index (χ0n) is 9.74. The quantitative estimate of drug-likeness (QED) is 0.851. The zero-order valence-corrected chi connectivity index (χ0v) is 9.74. The van der Waals surface area contributed by atoms with Gasteiger partial charge in [0, 0.05) is 12.4 Å². The Morgan fingerprint density at radius 3 is 2.89 bits per heavy atom. The molecule has 2 rings (SSSR count). The Kier molecular flexibility index (Phi) is 3.47. The molecule has 0 amide bonds. The summed E-state index contributed by atoms with van der Waals surface area (Å²) in [5.41, 5.74) is 1.04. The summed E-state index contributed by atoms with van der Waals surface area (Å²) in [5, 5.41) is 19.5. The summed E-state index contributed by atoms with van der Waals surface area (Å²) in [4.78, 5) is 15.0. The molecular formula is C12H12N4O2. The van der Waals surface area contributed by atoms with Crippen LogP contribution >= 0.6 is 0 Å². The number of carboxylic acid groups (broad SMARTS) is 1. The Morgan fingerprint density at radius 1 is 1.39 bits per heavy atom. The van der Waals surface area contributed by atoms with Gasteiger partial charge in [-0.15, -0.1) is 5.10 Å². The average molecular weight is 244 g/mol. The second-order valence-corrected chi connectivity index (χ2v) is 3.75. The van der Waals surface area contributed by atoms with E-state index in [1.807, 2.05) is 19.1 Å². The summed E-state index contributed by atoms with van der Waals surface area (Å²) in [7, 11) is 0. The molecule has 0 saturated heterocycles. The summed E-state index contributed by atoms with van der Waals surface area (Å²) in [6.45, 7) is 1.90. The fraction of sp³-hybridized carbons (Fsp3) is 0.167. The maximum atomic E-state index is 11.0. The lowest BCUT2D eigenvalue weighted by molar-refractivity contribution is 0.0697. The van der Waals surface area contributed by atoms with Crippen LogP contribution in [0.25, 0.3) is 0 Å². The minimum Gasteiger partial charge on any atom is -0.478 e. The highest BCUT2D eigenvalue weighted by atomic mass is 16.4. The SMILES string of the molecule is CC(Nc1nnccc1C(=O)O)c1cccnc1. The number of pyridine rings is 1. The number of nitrogens with zero attached hydrogens (tertiary/aromatic N) is 3. The number of carboxylic acids is 1. The topological polar surface area (TPSA) is 88.0 Å². The normalized spacial score (nSPS) is 11.8. The van der Waals surface area contributed by atoms with Gasteiger partial charge < -0.3 is 10.4 Å². The molecule has 0 aromatic carbocycles. The molecule has 0 aliphatic carbocycles. The van der Waals surface area contributed by atoms with E-state index in [4.69, 9.17) is 5.11 Å². The second-order valence-electron chi connectivity index (χ2n) is 3.75. The molecule has 2 aromatic rings. The molecule has 1 unspecified atom stereocenters. The van der Waals surface area contributed by atoms with Crippen LogP contribution in [0.4, 0.5) is 5.82 Å². The number of aromatic carboxylic acids is 1. The number of carbonyl (C=O) groups is 1. The van der Waals surface area contributed by atoms with Crippen LogP contribution in [0.5, 0.6) is 0 Å². The lowest BCUT2D eigenvalue weighted by Gasteiger charge is -2.15. The third-order valence-electron chi connectivity index (χ3n) is 2.49. The van der Waals surface area contributed by atoms with Crippen LogP contribution in [0.2, 0.25) is 0 Å². The average Bonchev–Trinajstić information content (AvgIpc) is 2.40. The van der Waals surface area contributed by atoms with E-state index in [1.165, 1.54) is 12.3 Å². The summed E-state index contributed by atoms with van der Waals surface area (Å²) in [5.74, 6) is -0.785. The van der Waals surface area contributed by atoms with Gasteiger partial charge in [-0.3, -0.25) is 4.98 Å². The summed E-state index contributed by atoms with van der Waals surface area (Å²) < 4.78 is 0. The highest BCUT2D eigenvalue weighted by Gasteiger charge is 2.14. The summed E-state index contributed by atoms with van der Waals surface area (Å²) in [6, 6.07) is 5.03. The molecule has 0 aliphatic heterocycles. The highest BCUT2D eigenvalue weighted by molar-refractivity contribution is 5.92. The number of anilines is 1. The maximum Gasteiger partial charge on any atom is 0.339 e. The predicted molar refractivity (Wildman–Crippen MR) is 65.3 cm³/mol. The fourth-order valence-electron chi connectivity index (χ4n) is 1.53. The van der Waals surface area contributed by atoms with Crippen LogP contribution < -0.4 is 5.32 Å². The molecule has 2 N–H and O–H groups in total. The van der Waals surface area contributed by atoms with Crippen molar-refractivity contribution in [1.82, 2.24) is 15.2 Å². The van der Waals surface area contributed by atoms with Crippen molar-refractivity contribution in [2.45, 2.75) is 13.0 Å². The van der Waals surface area contributed by atoms with Gasteiger partial charge in [-0.05, 0) is 24.6 Å². The van der Waals surface area contributed by atoms with E-state index in [9.17, 15) is 4.79 Å². The van der Waals surface area contributed by atoms with Crippen LogP contribution in [0, 0.1) is 0 Å². The molecule has 2 aromatic heterocycles. The van der Waals surface area contributed by atoms with Crippen molar-refractivity contribution in [3.8, 4) is 0 Å². The van der Waals surface area contributed by atoms with Gasteiger partial charge in [0.15, 0.2) is 5.82 Å². The first-order chi connectivity index (χ1) is 8.68. The molecule has 0 saturated carbocycles. The number of aromatic nitrogens is 3. The molecule has 0 aliphatic rings. The molecule has 6 nitrogen and oxygen atoms in total. The van der Waals surface area contributed by atoms with E-state index in [-0.39, 0.29) is 17.4 Å². The van der Waals surface area contributed by atoms with Gasteiger partial charge in [0.2, 0.25) is 0 Å². The lowest BCUT2D eigenvalue weighted by atomic mass is 10.1. The smallest absolute Gasteiger partial charge is 0.339 e. The molecule has 0 radical (unpaired) electrons. The molecule has 1 atom stereocenters. The van der Waals surface area contributed by atoms with Gasteiger partial charge in [0.25, 0.3) is 0 Å². The predicted octanol–water partition coefficient (Wildman–Crippen LogP) is 1.74. The summed E-state index contributed by atoms with van der Waals surface area (Å²) in [6.07, 6.45) is 4.75. The second kappa shape index (κ2) is 5.22. The standard InChI is InChI=1S/C12H12N4O2/c1-8(9-3-2-5-13-7-9)15-11-10(12(17)18)4-6-14-16-11/h2-8H,1H3,(H,15,16)(H,17,18). The lowest BCUT2D eigenvalue weighted by Crippen LogP contribution is -2.13. The Morgan fingerprint density at radius 2 is 2.22 bits per heavy atom. The highest BCUT2D eigenvalue weighted by Crippen LogP contribution is 2.19. The molecule has 0 spiro atoms. The van der Waals surface area contributed by atoms with E-state index in [2.05, 4.69) is 20.5 Å². The first-order valence-electron chi connectivity index (χ1n) is 5.40. The van der Waals surface area contributed by atoms with Crippen molar-refractivity contribution < 1.29 is 9.90 Å². The van der Waals surface area contributed by atoms with E-state index >= 15 is 0 Å². The number of hydrogen-bond acceptors (Lipinski definition) is 5. The Bertz CT molecular complexity index is 545. The van der Waals surface area contributed by atoms with Gasteiger partial charge in [0.05, 0.1) is 12.2 Å². The Hall–Kier alpha value is -2.50. The molecule has 0 fully saturated rings. The Balaban J connectivity index is 2.22. The minimum atomic E-state index is -1.04. The van der Waals surface area contributed by atoms with Crippen LogP contribution in [0.1, 0.15) is 28.9 Å². The largest absolute Gasteiger partial charge is 0.478 e.